The van der Waals surface area contributed by atoms with Gasteiger partial charge in [-0.15, -0.1) is 5.10 Å². The van der Waals surface area contributed by atoms with Crippen molar-refractivity contribution in [2.24, 2.45) is 0 Å². The third-order valence-corrected chi connectivity index (χ3v) is 4.17. The molecule has 0 bridgehead atoms. The van der Waals surface area contributed by atoms with Crippen LogP contribution < -0.4 is 23.5 Å². The summed E-state index contributed by atoms with van der Waals surface area (Å²) in [6.07, 6.45) is 4.63. The smallest absolute Gasteiger partial charge is 0.172 e. The molecular weight excluding hydrogens is 274 g/mol. The number of rotatable bonds is 4. The van der Waals surface area contributed by atoms with E-state index in [2.05, 4.69) is 17.5 Å². The number of nitrogens with one attached hydrogen (secondary N) is 1. The second-order valence-electron chi connectivity index (χ2n) is 5.72. The molecule has 3 rings (SSSR count). The Kier molecular flexibility index (Phi) is 4.40. The zero-order valence-corrected chi connectivity index (χ0v) is 12.6. The molecule has 1 saturated heterocycles. The summed E-state index contributed by atoms with van der Waals surface area (Å²) in [6.45, 7) is 4.64. The number of nitrogens with zero attached hydrogens (tertiary/aromatic N) is 3. The SMILES string of the molecule is C[N+]1(CCNc2nn3ccccc3c2N)CCCC1.[Cl-]. The Balaban J connectivity index is 0.00000147. The number of hydrogen-bond donors (Lipinski definition) is 2. The maximum Gasteiger partial charge on any atom is 0.172 e. The molecule has 0 spiro atoms. The van der Waals surface area contributed by atoms with E-state index in [0.29, 0.717) is 0 Å². The summed E-state index contributed by atoms with van der Waals surface area (Å²) in [5, 5.41) is 7.85. The van der Waals surface area contributed by atoms with E-state index in [1.165, 1.54) is 30.4 Å². The van der Waals surface area contributed by atoms with Crippen LogP contribution in [-0.2, 0) is 0 Å². The quantitative estimate of drug-likeness (QED) is 0.680. The van der Waals surface area contributed by atoms with Crippen molar-refractivity contribution in [2.45, 2.75) is 12.8 Å². The molecule has 1 fully saturated rings. The fourth-order valence-electron chi connectivity index (χ4n) is 2.92. The fraction of sp³-hybridized carbons (Fsp3) is 0.500. The molecule has 0 atom stereocenters. The minimum absolute atomic E-state index is 0. The van der Waals surface area contributed by atoms with Crippen molar-refractivity contribution >= 4 is 17.0 Å². The van der Waals surface area contributed by atoms with Crippen LogP contribution in [0, 0.1) is 0 Å². The van der Waals surface area contributed by atoms with Gasteiger partial charge in [0.1, 0.15) is 5.69 Å². The lowest BCUT2D eigenvalue weighted by atomic mass is 10.3. The van der Waals surface area contributed by atoms with Gasteiger partial charge in [-0.25, -0.2) is 4.52 Å². The van der Waals surface area contributed by atoms with Gasteiger partial charge in [0, 0.05) is 19.0 Å². The van der Waals surface area contributed by atoms with Gasteiger partial charge in [0.25, 0.3) is 0 Å². The zero-order chi connectivity index (χ0) is 13.3. The summed E-state index contributed by atoms with van der Waals surface area (Å²) in [5.41, 5.74) is 7.82. The molecule has 110 valence electrons. The van der Waals surface area contributed by atoms with Crippen molar-refractivity contribution in [3.05, 3.63) is 24.4 Å². The molecule has 2 aromatic heterocycles. The number of nitrogen functional groups attached to an aromatic ring is 1. The van der Waals surface area contributed by atoms with Crippen LogP contribution in [0.5, 0.6) is 0 Å². The third-order valence-electron chi connectivity index (χ3n) is 4.17. The average molecular weight is 296 g/mol. The van der Waals surface area contributed by atoms with E-state index >= 15 is 0 Å². The number of aromatic nitrogens is 2. The molecule has 0 aromatic carbocycles. The van der Waals surface area contributed by atoms with E-state index in [1.807, 2.05) is 28.9 Å². The first kappa shape index (κ1) is 14.9. The van der Waals surface area contributed by atoms with Gasteiger partial charge in [-0.3, -0.25) is 0 Å². The first-order valence-corrected chi connectivity index (χ1v) is 6.98. The summed E-state index contributed by atoms with van der Waals surface area (Å²) >= 11 is 0. The first-order chi connectivity index (χ1) is 9.18. The van der Waals surface area contributed by atoms with Crippen LogP contribution in [0.4, 0.5) is 11.5 Å². The lowest BCUT2D eigenvalue weighted by Crippen LogP contribution is -3.00. The van der Waals surface area contributed by atoms with Gasteiger partial charge < -0.3 is 27.9 Å². The van der Waals surface area contributed by atoms with Gasteiger partial charge >= 0.3 is 0 Å². The lowest BCUT2D eigenvalue weighted by molar-refractivity contribution is -0.895. The van der Waals surface area contributed by atoms with Crippen molar-refractivity contribution in [1.29, 1.82) is 0 Å². The second kappa shape index (κ2) is 5.89. The van der Waals surface area contributed by atoms with E-state index in [1.54, 1.807) is 0 Å². The molecule has 0 aliphatic carbocycles. The largest absolute Gasteiger partial charge is 1.00 e. The lowest BCUT2D eigenvalue weighted by Gasteiger charge is -2.29. The number of likely N-dealkylation sites (N-methyl/N-ethyl adjacent to an activating group) is 1. The summed E-state index contributed by atoms with van der Waals surface area (Å²) in [7, 11) is 2.34. The van der Waals surface area contributed by atoms with Crippen LogP contribution in [0.15, 0.2) is 24.4 Å². The molecule has 2 aromatic rings. The summed E-state index contributed by atoms with van der Waals surface area (Å²) in [5.74, 6) is 0.803. The van der Waals surface area contributed by atoms with Crippen LogP contribution in [0.1, 0.15) is 12.8 Å². The minimum atomic E-state index is 0. The molecule has 20 heavy (non-hydrogen) atoms. The van der Waals surface area contributed by atoms with E-state index < -0.39 is 0 Å². The molecule has 0 amide bonds. The van der Waals surface area contributed by atoms with Crippen LogP contribution in [-0.4, -0.2) is 47.3 Å². The number of nitrogens with two attached hydrogens (primary N) is 1. The van der Waals surface area contributed by atoms with Crippen molar-refractivity contribution < 1.29 is 16.9 Å². The standard InChI is InChI=1S/C14H22N5.ClH/c1-19(9-4-5-10-19)11-7-16-14-13(15)12-6-2-3-8-18(12)17-14;/h2-3,6,8H,4-5,7,9-11,15H2,1H3,(H,16,17);1H/q+1;/p-1. The zero-order valence-electron chi connectivity index (χ0n) is 11.8. The maximum absolute atomic E-state index is 6.12. The van der Waals surface area contributed by atoms with Crippen molar-refractivity contribution in [3.63, 3.8) is 0 Å². The Hall–Kier alpha value is -1.46. The summed E-state index contributed by atoms with van der Waals surface area (Å²) < 4.78 is 2.99. The molecular formula is C14H22ClN5. The van der Waals surface area contributed by atoms with Crippen LogP contribution in [0.2, 0.25) is 0 Å². The van der Waals surface area contributed by atoms with Crippen molar-refractivity contribution in [3.8, 4) is 0 Å². The predicted molar refractivity (Wildman–Crippen MR) is 78.1 cm³/mol. The highest BCUT2D eigenvalue weighted by molar-refractivity contribution is 5.80. The number of anilines is 2. The maximum atomic E-state index is 6.12. The monoisotopic (exact) mass is 295 g/mol. The van der Waals surface area contributed by atoms with Gasteiger partial charge in [0.2, 0.25) is 0 Å². The number of halogens is 1. The van der Waals surface area contributed by atoms with Crippen molar-refractivity contribution in [2.75, 3.05) is 44.3 Å². The van der Waals surface area contributed by atoms with E-state index in [9.17, 15) is 0 Å². The predicted octanol–water partition coefficient (Wildman–Crippen LogP) is -1.43. The van der Waals surface area contributed by atoms with Gasteiger partial charge in [-0.05, 0) is 12.1 Å². The van der Waals surface area contributed by atoms with Gasteiger partial charge in [0.15, 0.2) is 5.82 Å². The number of quaternary nitrogens is 1. The molecule has 6 heteroatoms. The molecule has 0 unspecified atom stereocenters. The van der Waals surface area contributed by atoms with E-state index in [0.717, 1.165) is 30.1 Å². The highest BCUT2D eigenvalue weighted by Crippen LogP contribution is 2.22. The van der Waals surface area contributed by atoms with Gasteiger partial charge in [-0.2, -0.15) is 0 Å². The average Bonchev–Trinajstić information content (AvgIpc) is 2.96. The Labute approximate surface area is 125 Å². The summed E-state index contributed by atoms with van der Waals surface area (Å²) in [6, 6.07) is 5.93. The first-order valence-electron chi connectivity index (χ1n) is 6.98. The highest BCUT2D eigenvalue weighted by Gasteiger charge is 2.26. The minimum Gasteiger partial charge on any atom is -1.00 e. The molecule has 0 radical (unpaired) electrons. The Morgan fingerprint density at radius 1 is 1.35 bits per heavy atom. The Morgan fingerprint density at radius 3 is 2.80 bits per heavy atom. The molecule has 0 saturated carbocycles. The van der Waals surface area contributed by atoms with Crippen LogP contribution in [0.3, 0.4) is 0 Å². The van der Waals surface area contributed by atoms with Crippen LogP contribution >= 0.6 is 0 Å². The van der Waals surface area contributed by atoms with E-state index in [-0.39, 0.29) is 12.4 Å². The molecule has 3 N–H and O–H groups in total. The van der Waals surface area contributed by atoms with Gasteiger partial charge in [0.05, 0.1) is 38.7 Å². The van der Waals surface area contributed by atoms with Gasteiger partial charge in [-0.1, -0.05) is 6.07 Å². The Bertz CT molecular complexity index is 574. The van der Waals surface area contributed by atoms with Crippen LogP contribution in [0.25, 0.3) is 5.52 Å². The number of pyridine rings is 1. The second-order valence-corrected chi connectivity index (χ2v) is 5.72. The van der Waals surface area contributed by atoms with Crippen molar-refractivity contribution in [1.82, 2.24) is 9.61 Å². The number of hydrogen-bond acceptors (Lipinski definition) is 3. The normalized spacial score (nSPS) is 17.1. The third kappa shape index (κ3) is 2.83. The molecule has 3 heterocycles. The molecule has 5 nitrogen and oxygen atoms in total. The van der Waals surface area contributed by atoms with E-state index in [4.69, 9.17) is 5.73 Å². The number of fused-ring (bicyclic) bond motifs is 1. The fourth-order valence-corrected chi connectivity index (χ4v) is 2.92. The highest BCUT2D eigenvalue weighted by atomic mass is 35.5. The number of likely N-dealkylation sites (tertiary alicyclic amines) is 1. The molecule has 1 aliphatic rings. The Morgan fingerprint density at radius 2 is 2.10 bits per heavy atom. The summed E-state index contributed by atoms with van der Waals surface area (Å²) in [4.78, 5) is 0. The molecule has 1 aliphatic heterocycles. The topological polar surface area (TPSA) is 55.4 Å².